The Bertz CT molecular complexity index is 429. The van der Waals surface area contributed by atoms with Gasteiger partial charge in [0.05, 0.1) is 6.73 Å². The molecule has 3 nitrogen and oxygen atoms in total. The van der Waals surface area contributed by atoms with Crippen LogP contribution in [0, 0.1) is 5.82 Å². The molecule has 0 saturated heterocycles. The number of unbranched alkanes of at least 4 members (excludes halogenated alkanes) is 4. The molecule has 1 rings (SSSR count). The standard InChI is InChI=1S/C17H26FNO2S/c18-16-8-6-7-15(13-16)9-10-17(20)22-12-5-3-1-2-4-11-21-14-19/h6-8,13H,1-5,9-12,14,19H2. The maximum Gasteiger partial charge on any atom is 0.189 e. The summed E-state index contributed by atoms with van der Waals surface area (Å²) in [4.78, 5) is 11.7. The van der Waals surface area contributed by atoms with Gasteiger partial charge in [-0.25, -0.2) is 4.39 Å². The SMILES string of the molecule is NCOCCCCCCCSC(=O)CCc1cccc(F)c1. The number of carbonyl (C=O) groups excluding carboxylic acids is 1. The highest BCUT2D eigenvalue weighted by Gasteiger charge is 2.04. The number of halogens is 1. The Morgan fingerprint density at radius 2 is 1.95 bits per heavy atom. The highest BCUT2D eigenvalue weighted by molar-refractivity contribution is 8.13. The van der Waals surface area contributed by atoms with Crippen molar-refractivity contribution in [2.75, 3.05) is 19.1 Å². The van der Waals surface area contributed by atoms with Crippen LogP contribution in [0.3, 0.4) is 0 Å². The van der Waals surface area contributed by atoms with Gasteiger partial charge in [0.1, 0.15) is 5.82 Å². The summed E-state index contributed by atoms with van der Waals surface area (Å²) in [5.41, 5.74) is 6.11. The molecule has 0 aromatic heterocycles. The maximum absolute atomic E-state index is 13.0. The zero-order valence-corrected chi connectivity index (χ0v) is 13.9. The van der Waals surface area contributed by atoms with Gasteiger partial charge in [0.25, 0.3) is 0 Å². The molecule has 0 aliphatic rings. The molecule has 1 aromatic carbocycles. The lowest BCUT2D eigenvalue weighted by atomic mass is 10.1. The Balaban J connectivity index is 1.95. The van der Waals surface area contributed by atoms with Crippen molar-refractivity contribution in [1.82, 2.24) is 0 Å². The zero-order valence-electron chi connectivity index (χ0n) is 13.1. The average Bonchev–Trinajstić information content (AvgIpc) is 2.51. The lowest BCUT2D eigenvalue weighted by molar-refractivity contribution is -0.110. The minimum Gasteiger partial charge on any atom is -0.367 e. The molecule has 0 unspecified atom stereocenters. The molecule has 0 radical (unpaired) electrons. The number of hydrogen-bond acceptors (Lipinski definition) is 4. The summed E-state index contributed by atoms with van der Waals surface area (Å²) in [5.74, 6) is 0.635. The van der Waals surface area contributed by atoms with E-state index in [0.29, 0.717) is 19.6 Å². The van der Waals surface area contributed by atoms with Crippen molar-refractivity contribution in [2.24, 2.45) is 5.73 Å². The van der Waals surface area contributed by atoms with Crippen LogP contribution < -0.4 is 5.73 Å². The van der Waals surface area contributed by atoms with Gasteiger partial charge in [0.15, 0.2) is 5.12 Å². The normalized spacial score (nSPS) is 10.8. The van der Waals surface area contributed by atoms with Gasteiger partial charge in [-0.15, -0.1) is 0 Å². The van der Waals surface area contributed by atoms with Crippen molar-refractivity contribution in [3.05, 3.63) is 35.6 Å². The fraction of sp³-hybridized carbons (Fsp3) is 0.588. The highest BCUT2D eigenvalue weighted by atomic mass is 32.2. The van der Waals surface area contributed by atoms with Crippen LogP contribution in [-0.4, -0.2) is 24.2 Å². The second kappa shape index (κ2) is 12.6. The summed E-state index contributed by atoms with van der Waals surface area (Å²) < 4.78 is 18.1. The third-order valence-corrected chi connectivity index (χ3v) is 4.34. The van der Waals surface area contributed by atoms with Crippen LogP contribution in [0.5, 0.6) is 0 Å². The first kappa shape index (κ1) is 19.1. The predicted molar refractivity (Wildman–Crippen MR) is 90.3 cm³/mol. The molecule has 2 N–H and O–H groups in total. The fourth-order valence-electron chi connectivity index (χ4n) is 2.12. The molecular weight excluding hydrogens is 301 g/mol. The molecule has 0 heterocycles. The molecule has 0 bridgehead atoms. The molecule has 0 aliphatic carbocycles. The Labute approximate surface area is 136 Å². The first-order chi connectivity index (χ1) is 10.7. The molecule has 124 valence electrons. The summed E-state index contributed by atoms with van der Waals surface area (Å²) in [6, 6.07) is 6.45. The summed E-state index contributed by atoms with van der Waals surface area (Å²) in [6.07, 6.45) is 6.68. The van der Waals surface area contributed by atoms with Gasteiger partial charge in [0, 0.05) is 18.8 Å². The van der Waals surface area contributed by atoms with Gasteiger partial charge in [-0.05, 0) is 37.0 Å². The second-order valence-electron chi connectivity index (χ2n) is 5.19. The van der Waals surface area contributed by atoms with Crippen LogP contribution in [0.15, 0.2) is 24.3 Å². The van der Waals surface area contributed by atoms with Gasteiger partial charge < -0.3 is 10.5 Å². The van der Waals surface area contributed by atoms with E-state index in [-0.39, 0.29) is 10.9 Å². The number of rotatable bonds is 12. The second-order valence-corrected chi connectivity index (χ2v) is 6.35. The molecule has 0 atom stereocenters. The number of carbonyl (C=O) groups is 1. The summed E-state index contributed by atoms with van der Waals surface area (Å²) in [6.45, 7) is 1.04. The minimum absolute atomic E-state index is 0.195. The van der Waals surface area contributed by atoms with Crippen LogP contribution >= 0.6 is 11.8 Å². The van der Waals surface area contributed by atoms with Gasteiger partial charge in [0.2, 0.25) is 0 Å². The van der Waals surface area contributed by atoms with E-state index in [4.69, 9.17) is 10.5 Å². The molecule has 0 amide bonds. The highest BCUT2D eigenvalue weighted by Crippen LogP contribution is 2.14. The van der Waals surface area contributed by atoms with E-state index >= 15 is 0 Å². The van der Waals surface area contributed by atoms with E-state index in [0.717, 1.165) is 43.6 Å². The van der Waals surface area contributed by atoms with Crippen LogP contribution in [0.4, 0.5) is 4.39 Å². The van der Waals surface area contributed by atoms with Crippen LogP contribution in [0.1, 0.15) is 44.1 Å². The van der Waals surface area contributed by atoms with Gasteiger partial charge in [-0.1, -0.05) is 43.2 Å². The Morgan fingerprint density at radius 3 is 2.73 bits per heavy atom. The van der Waals surface area contributed by atoms with Crippen molar-refractivity contribution in [3.63, 3.8) is 0 Å². The Morgan fingerprint density at radius 1 is 1.18 bits per heavy atom. The van der Waals surface area contributed by atoms with E-state index < -0.39 is 0 Å². The minimum atomic E-state index is -0.241. The molecule has 0 aliphatic heterocycles. The predicted octanol–water partition coefficient (Wildman–Crippen LogP) is 3.90. The molecule has 0 fully saturated rings. The number of ether oxygens (including phenoxy) is 1. The van der Waals surface area contributed by atoms with Crippen molar-refractivity contribution < 1.29 is 13.9 Å². The van der Waals surface area contributed by atoms with Gasteiger partial charge in [-0.3, -0.25) is 4.79 Å². The lowest BCUT2D eigenvalue weighted by Gasteiger charge is -2.03. The number of nitrogens with two attached hydrogens (primary N) is 1. The molecule has 22 heavy (non-hydrogen) atoms. The van der Waals surface area contributed by atoms with Gasteiger partial charge >= 0.3 is 0 Å². The fourth-order valence-corrected chi connectivity index (χ4v) is 2.94. The van der Waals surface area contributed by atoms with E-state index in [9.17, 15) is 9.18 Å². The van der Waals surface area contributed by atoms with Crippen molar-refractivity contribution in [3.8, 4) is 0 Å². The van der Waals surface area contributed by atoms with E-state index in [2.05, 4.69) is 0 Å². The summed E-state index contributed by atoms with van der Waals surface area (Å²) >= 11 is 1.40. The summed E-state index contributed by atoms with van der Waals surface area (Å²) in [5, 5.41) is 0.195. The van der Waals surface area contributed by atoms with Crippen LogP contribution in [-0.2, 0) is 16.0 Å². The van der Waals surface area contributed by atoms with E-state index in [1.165, 1.54) is 30.3 Å². The number of thioether (sulfide) groups is 1. The third kappa shape index (κ3) is 9.92. The topological polar surface area (TPSA) is 52.3 Å². The van der Waals surface area contributed by atoms with Crippen LogP contribution in [0.25, 0.3) is 0 Å². The first-order valence-corrected chi connectivity index (χ1v) is 8.89. The summed E-state index contributed by atoms with van der Waals surface area (Å²) in [7, 11) is 0. The van der Waals surface area contributed by atoms with Crippen molar-refractivity contribution >= 4 is 16.9 Å². The Kier molecular flexibility index (Phi) is 11.0. The number of aryl methyl sites for hydroxylation is 1. The molecular formula is C17H26FNO2S. The average molecular weight is 327 g/mol. The Hall–Kier alpha value is -0.910. The molecule has 0 saturated carbocycles. The third-order valence-electron chi connectivity index (χ3n) is 3.32. The van der Waals surface area contributed by atoms with Crippen LogP contribution in [0.2, 0.25) is 0 Å². The van der Waals surface area contributed by atoms with Crippen molar-refractivity contribution in [1.29, 1.82) is 0 Å². The quantitative estimate of drug-likeness (QED) is 0.467. The molecule has 0 spiro atoms. The smallest absolute Gasteiger partial charge is 0.189 e. The van der Waals surface area contributed by atoms with E-state index in [1.807, 2.05) is 6.07 Å². The maximum atomic E-state index is 13.0. The van der Waals surface area contributed by atoms with Gasteiger partial charge in [-0.2, -0.15) is 0 Å². The van der Waals surface area contributed by atoms with Crippen molar-refractivity contribution in [2.45, 2.75) is 44.9 Å². The molecule has 5 heteroatoms. The largest absolute Gasteiger partial charge is 0.367 e. The lowest BCUT2D eigenvalue weighted by Crippen LogP contribution is -2.05. The number of benzene rings is 1. The molecule has 1 aromatic rings. The zero-order chi connectivity index (χ0) is 16.0. The monoisotopic (exact) mass is 327 g/mol. The first-order valence-electron chi connectivity index (χ1n) is 7.90. The van der Waals surface area contributed by atoms with E-state index in [1.54, 1.807) is 6.07 Å². The number of hydrogen-bond donors (Lipinski definition) is 1.